The highest BCUT2D eigenvalue weighted by atomic mass is 16.5. The first-order valence-electron chi connectivity index (χ1n) is 10.5. The van der Waals surface area contributed by atoms with Crippen molar-refractivity contribution in [2.45, 2.75) is 26.4 Å². The van der Waals surface area contributed by atoms with Crippen LogP contribution in [0.15, 0.2) is 64.8 Å². The second-order valence-corrected chi connectivity index (χ2v) is 7.94. The van der Waals surface area contributed by atoms with Crippen molar-refractivity contribution in [3.63, 3.8) is 0 Å². The third kappa shape index (κ3) is 3.98. The lowest BCUT2D eigenvalue weighted by Crippen LogP contribution is -2.29. The van der Waals surface area contributed by atoms with Gasteiger partial charge in [-0.15, -0.1) is 0 Å². The summed E-state index contributed by atoms with van der Waals surface area (Å²) >= 11 is 0. The minimum atomic E-state index is -0.883. The zero-order valence-electron chi connectivity index (χ0n) is 18.9. The molecule has 0 aliphatic carbocycles. The number of carbonyl (C=O) groups is 2. The lowest BCUT2D eigenvalue weighted by Gasteiger charge is -2.24. The minimum Gasteiger partial charge on any atom is -0.507 e. The summed E-state index contributed by atoms with van der Waals surface area (Å²) in [6.45, 7) is 4.12. The lowest BCUT2D eigenvalue weighted by atomic mass is 9.98. The van der Waals surface area contributed by atoms with Crippen LogP contribution in [0, 0.1) is 13.8 Å². The lowest BCUT2D eigenvalue weighted by molar-refractivity contribution is -0.140. The molecule has 1 fully saturated rings. The molecule has 0 spiro atoms. The Morgan fingerprint density at radius 3 is 2.52 bits per heavy atom. The van der Waals surface area contributed by atoms with E-state index in [1.807, 2.05) is 32.0 Å². The van der Waals surface area contributed by atoms with E-state index in [1.165, 1.54) is 25.4 Å². The van der Waals surface area contributed by atoms with Gasteiger partial charge in [-0.3, -0.25) is 9.59 Å². The number of rotatable bonds is 6. The number of aliphatic hydroxyl groups is 1. The van der Waals surface area contributed by atoms with E-state index in [-0.39, 0.29) is 23.4 Å². The van der Waals surface area contributed by atoms with E-state index in [4.69, 9.17) is 13.9 Å². The number of furan rings is 1. The molecule has 0 saturated carbocycles. The van der Waals surface area contributed by atoms with Gasteiger partial charge in [-0.1, -0.05) is 23.8 Å². The van der Waals surface area contributed by atoms with E-state index >= 15 is 0 Å². The maximum atomic E-state index is 13.2. The highest BCUT2D eigenvalue weighted by molar-refractivity contribution is 6.46. The molecule has 33 heavy (non-hydrogen) atoms. The summed E-state index contributed by atoms with van der Waals surface area (Å²) in [6.07, 6.45) is 1.47. The Bertz CT molecular complexity index is 1240. The highest BCUT2D eigenvalue weighted by Gasteiger charge is 2.47. The van der Waals surface area contributed by atoms with E-state index in [9.17, 15) is 14.7 Å². The van der Waals surface area contributed by atoms with Crippen LogP contribution in [0.2, 0.25) is 0 Å². The Morgan fingerprint density at radius 1 is 1.06 bits per heavy atom. The average Bonchev–Trinajstić information content (AvgIpc) is 3.43. The fraction of sp³-hybridized carbons (Fsp3) is 0.231. The molecule has 2 heterocycles. The molecule has 3 aromatic rings. The van der Waals surface area contributed by atoms with Gasteiger partial charge in [0, 0.05) is 12.6 Å². The van der Waals surface area contributed by atoms with Gasteiger partial charge in [0.25, 0.3) is 11.7 Å². The summed E-state index contributed by atoms with van der Waals surface area (Å²) < 4.78 is 16.2. The van der Waals surface area contributed by atoms with Crippen molar-refractivity contribution in [3.05, 3.63) is 88.4 Å². The van der Waals surface area contributed by atoms with Gasteiger partial charge in [0.1, 0.15) is 29.1 Å². The predicted octanol–water partition coefficient (Wildman–Crippen LogP) is 4.54. The van der Waals surface area contributed by atoms with Crippen LogP contribution in [0.25, 0.3) is 5.76 Å². The van der Waals surface area contributed by atoms with Crippen molar-refractivity contribution in [3.8, 4) is 11.5 Å². The van der Waals surface area contributed by atoms with Crippen molar-refractivity contribution >= 4 is 17.4 Å². The molecule has 1 aliphatic heterocycles. The maximum Gasteiger partial charge on any atom is 0.296 e. The normalized spacial score (nSPS) is 17.5. The largest absolute Gasteiger partial charge is 0.507 e. The van der Waals surface area contributed by atoms with Crippen molar-refractivity contribution in [1.82, 2.24) is 4.90 Å². The number of aliphatic hydroxyl groups excluding tert-OH is 1. The molecule has 1 N–H and O–H groups in total. The summed E-state index contributed by atoms with van der Waals surface area (Å²) in [5, 5.41) is 11.3. The van der Waals surface area contributed by atoms with E-state index < -0.39 is 17.7 Å². The number of methoxy groups -OCH3 is 2. The number of Topliss-reactive ketones (excluding diaryl/α,β-unsaturated/α-hetero) is 1. The van der Waals surface area contributed by atoms with Crippen LogP contribution in [-0.4, -0.2) is 35.9 Å². The average molecular weight is 447 g/mol. The van der Waals surface area contributed by atoms with E-state index in [2.05, 4.69) is 0 Å². The van der Waals surface area contributed by atoms with Crippen molar-refractivity contribution in [2.75, 3.05) is 14.2 Å². The fourth-order valence-corrected chi connectivity index (χ4v) is 4.08. The number of aryl methyl sites for hydroxylation is 2. The molecule has 4 rings (SSSR count). The van der Waals surface area contributed by atoms with Crippen LogP contribution in [-0.2, 0) is 16.1 Å². The van der Waals surface area contributed by atoms with Gasteiger partial charge in [-0.05, 0) is 49.2 Å². The molecule has 1 aromatic heterocycles. The van der Waals surface area contributed by atoms with Crippen LogP contribution >= 0.6 is 0 Å². The molecule has 7 heteroatoms. The minimum absolute atomic E-state index is 0.0521. The molecule has 1 aliphatic rings. The first-order valence-corrected chi connectivity index (χ1v) is 10.5. The number of nitrogens with zero attached hydrogens (tertiary/aromatic N) is 1. The third-order valence-electron chi connectivity index (χ3n) is 5.86. The number of ether oxygens (including phenoxy) is 2. The number of carbonyl (C=O) groups excluding carboxylic acids is 2. The smallest absolute Gasteiger partial charge is 0.296 e. The predicted molar refractivity (Wildman–Crippen MR) is 122 cm³/mol. The second kappa shape index (κ2) is 8.86. The van der Waals surface area contributed by atoms with Crippen molar-refractivity contribution < 1.29 is 28.6 Å². The zero-order chi connectivity index (χ0) is 23.7. The van der Waals surface area contributed by atoms with Gasteiger partial charge >= 0.3 is 0 Å². The molecule has 2 aromatic carbocycles. The molecule has 1 amide bonds. The fourth-order valence-electron chi connectivity index (χ4n) is 4.08. The quantitative estimate of drug-likeness (QED) is 0.339. The van der Waals surface area contributed by atoms with Gasteiger partial charge in [-0.2, -0.15) is 0 Å². The van der Waals surface area contributed by atoms with Gasteiger partial charge in [0.2, 0.25) is 0 Å². The summed E-state index contributed by atoms with van der Waals surface area (Å²) in [5.41, 5.74) is 3.18. The zero-order valence-corrected chi connectivity index (χ0v) is 18.9. The molecule has 1 saturated heterocycles. The standard InChI is InChI=1S/C26H25NO6/c1-15-7-8-16(2)17(12-15)14-27-23(20-6-5-11-33-20)22(25(29)26(27)30)24(28)19-10-9-18(31-3)13-21(19)32-4/h5-13,23,28H,14H2,1-4H3/b24-22-. The molecule has 1 unspecified atom stereocenters. The first-order chi connectivity index (χ1) is 15.8. The van der Waals surface area contributed by atoms with Gasteiger partial charge < -0.3 is 23.9 Å². The van der Waals surface area contributed by atoms with Gasteiger partial charge in [0.15, 0.2) is 0 Å². The number of hydrogen-bond acceptors (Lipinski definition) is 6. The highest BCUT2D eigenvalue weighted by Crippen LogP contribution is 2.42. The summed E-state index contributed by atoms with van der Waals surface area (Å²) in [5.74, 6) is -0.596. The number of likely N-dealkylation sites (tertiary alicyclic amines) is 1. The second-order valence-electron chi connectivity index (χ2n) is 7.94. The number of hydrogen-bond donors (Lipinski definition) is 1. The van der Waals surface area contributed by atoms with E-state index in [0.717, 1.165) is 16.7 Å². The molecule has 170 valence electrons. The Balaban J connectivity index is 1.87. The molecule has 0 bridgehead atoms. The van der Waals surface area contributed by atoms with E-state index in [0.29, 0.717) is 17.3 Å². The van der Waals surface area contributed by atoms with Crippen molar-refractivity contribution in [1.29, 1.82) is 0 Å². The number of ketones is 1. The number of amides is 1. The van der Waals surface area contributed by atoms with Gasteiger partial charge in [-0.25, -0.2) is 0 Å². The summed E-state index contributed by atoms with van der Waals surface area (Å²) in [7, 11) is 2.97. The summed E-state index contributed by atoms with van der Waals surface area (Å²) in [4.78, 5) is 27.8. The van der Waals surface area contributed by atoms with Crippen LogP contribution in [0.4, 0.5) is 0 Å². The molecule has 0 radical (unpaired) electrons. The Labute approximate surface area is 191 Å². The SMILES string of the molecule is COc1ccc(/C(O)=C2/C(=O)C(=O)N(Cc3cc(C)ccc3C)C2c2ccco2)c(OC)c1. The van der Waals surface area contributed by atoms with Gasteiger partial charge in [0.05, 0.1) is 31.6 Å². The molecular formula is C26H25NO6. The number of benzene rings is 2. The van der Waals surface area contributed by atoms with Crippen LogP contribution in [0.3, 0.4) is 0 Å². The summed E-state index contributed by atoms with van der Waals surface area (Å²) in [6, 6.07) is 13.3. The van der Waals surface area contributed by atoms with Crippen molar-refractivity contribution in [2.24, 2.45) is 0 Å². The van der Waals surface area contributed by atoms with Crippen LogP contribution in [0.1, 0.15) is 34.1 Å². The third-order valence-corrected chi connectivity index (χ3v) is 5.86. The maximum absolute atomic E-state index is 13.2. The first kappa shape index (κ1) is 22.2. The Kier molecular flexibility index (Phi) is 5.96. The monoisotopic (exact) mass is 447 g/mol. The molecular weight excluding hydrogens is 422 g/mol. The Morgan fingerprint density at radius 2 is 1.85 bits per heavy atom. The molecule has 1 atom stereocenters. The van der Waals surface area contributed by atoms with E-state index in [1.54, 1.807) is 30.3 Å². The van der Waals surface area contributed by atoms with Crippen LogP contribution < -0.4 is 9.47 Å². The Hall–Kier alpha value is -4.00. The van der Waals surface area contributed by atoms with Crippen LogP contribution in [0.5, 0.6) is 11.5 Å². The topological polar surface area (TPSA) is 89.2 Å². The molecule has 7 nitrogen and oxygen atoms in total.